The zero-order chi connectivity index (χ0) is 15.1. The Labute approximate surface area is 127 Å². The maximum atomic E-state index is 5.86. The Morgan fingerprint density at radius 1 is 1.33 bits per heavy atom. The minimum Gasteiger partial charge on any atom is -0.496 e. The van der Waals surface area contributed by atoms with Gasteiger partial charge in [-0.2, -0.15) is 0 Å². The molecular formula is C17H27NO3. The van der Waals surface area contributed by atoms with Crippen molar-refractivity contribution in [1.82, 2.24) is 5.32 Å². The van der Waals surface area contributed by atoms with Crippen molar-refractivity contribution in [2.24, 2.45) is 5.41 Å². The molecule has 1 heterocycles. The lowest BCUT2D eigenvalue weighted by Gasteiger charge is -2.33. The molecule has 1 aromatic carbocycles. The average Bonchev–Trinajstić information content (AvgIpc) is 2.85. The minimum atomic E-state index is 0.127. The smallest absolute Gasteiger partial charge is 0.122 e. The summed E-state index contributed by atoms with van der Waals surface area (Å²) in [6.45, 7) is 5.56. The van der Waals surface area contributed by atoms with Gasteiger partial charge in [-0.25, -0.2) is 0 Å². The highest BCUT2D eigenvalue weighted by molar-refractivity contribution is 5.34. The number of hydrogen-bond acceptors (Lipinski definition) is 4. The lowest BCUT2D eigenvalue weighted by molar-refractivity contribution is 0.0617. The summed E-state index contributed by atoms with van der Waals surface area (Å²) < 4.78 is 16.5. The SMILES string of the molecule is COCCNCC1(Cc2ccccc2OC)CCOC1C. The van der Waals surface area contributed by atoms with Crippen LogP contribution in [0, 0.1) is 5.41 Å². The second-order valence-corrected chi connectivity index (χ2v) is 5.78. The largest absolute Gasteiger partial charge is 0.496 e. The molecule has 1 saturated heterocycles. The van der Waals surface area contributed by atoms with Crippen LogP contribution in [0.4, 0.5) is 0 Å². The summed E-state index contributed by atoms with van der Waals surface area (Å²) in [6, 6.07) is 8.27. The average molecular weight is 293 g/mol. The standard InChI is InChI=1S/C17H27NO3/c1-14-17(8-10-21-14,13-18-9-11-19-2)12-15-6-4-5-7-16(15)20-3/h4-7,14,18H,8-13H2,1-3H3. The van der Waals surface area contributed by atoms with E-state index in [0.717, 1.165) is 44.9 Å². The summed E-state index contributed by atoms with van der Waals surface area (Å²) in [7, 11) is 3.46. The molecule has 2 atom stereocenters. The summed E-state index contributed by atoms with van der Waals surface area (Å²) in [5, 5.41) is 3.51. The van der Waals surface area contributed by atoms with E-state index in [1.54, 1.807) is 14.2 Å². The number of para-hydroxylation sites is 1. The predicted molar refractivity (Wildman–Crippen MR) is 83.9 cm³/mol. The van der Waals surface area contributed by atoms with Crippen LogP contribution in [0.15, 0.2) is 24.3 Å². The Bertz CT molecular complexity index is 438. The molecule has 0 amide bonds. The van der Waals surface area contributed by atoms with E-state index in [4.69, 9.17) is 14.2 Å². The molecule has 1 aromatic rings. The summed E-state index contributed by atoms with van der Waals surface area (Å²) in [5.74, 6) is 0.966. The van der Waals surface area contributed by atoms with E-state index in [1.807, 2.05) is 12.1 Å². The van der Waals surface area contributed by atoms with E-state index >= 15 is 0 Å². The number of ether oxygens (including phenoxy) is 3. The fraction of sp³-hybridized carbons (Fsp3) is 0.647. The van der Waals surface area contributed by atoms with E-state index in [9.17, 15) is 0 Å². The van der Waals surface area contributed by atoms with Gasteiger partial charge in [0, 0.05) is 32.2 Å². The number of rotatable bonds is 8. The van der Waals surface area contributed by atoms with Gasteiger partial charge in [-0.15, -0.1) is 0 Å². The third kappa shape index (κ3) is 3.96. The van der Waals surface area contributed by atoms with E-state index in [1.165, 1.54) is 5.56 Å². The van der Waals surface area contributed by atoms with Crippen LogP contribution in [-0.2, 0) is 15.9 Å². The molecule has 1 aliphatic rings. The highest BCUT2D eigenvalue weighted by atomic mass is 16.5. The predicted octanol–water partition coefficient (Wildman–Crippen LogP) is 2.27. The second-order valence-electron chi connectivity index (χ2n) is 5.78. The number of hydrogen-bond donors (Lipinski definition) is 1. The quantitative estimate of drug-likeness (QED) is 0.746. The van der Waals surface area contributed by atoms with Gasteiger partial charge in [0.05, 0.1) is 19.8 Å². The molecule has 0 bridgehead atoms. The van der Waals surface area contributed by atoms with Crippen molar-refractivity contribution < 1.29 is 14.2 Å². The minimum absolute atomic E-state index is 0.127. The first kappa shape index (κ1) is 16.3. The van der Waals surface area contributed by atoms with Crippen molar-refractivity contribution in [2.45, 2.75) is 25.9 Å². The molecule has 1 aliphatic heterocycles. The van der Waals surface area contributed by atoms with E-state index < -0.39 is 0 Å². The van der Waals surface area contributed by atoms with E-state index in [-0.39, 0.29) is 11.5 Å². The Morgan fingerprint density at radius 2 is 2.14 bits per heavy atom. The Balaban J connectivity index is 2.09. The Hall–Kier alpha value is -1.10. The molecule has 2 rings (SSSR count). The van der Waals surface area contributed by atoms with Gasteiger partial charge in [0.25, 0.3) is 0 Å². The zero-order valence-electron chi connectivity index (χ0n) is 13.4. The zero-order valence-corrected chi connectivity index (χ0v) is 13.4. The van der Waals surface area contributed by atoms with Crippen LogP contribution in [-0.4, -0.2) is 46.6 Å². The molecule has 0 aliphatic carbocycles. The van der Waals surface area contributed by atoms with Crippen LogP contribution in [0.2, 0.25) is 0 Å². The van der Waals surface area contributed by atoms with Crippen molar-refractivity contribution in [3.63, 3.8) is 0 Å². The lowest BCUT2D eigenvalue weighted by Crippen LogP contribution is -2.42. The first-order chi connectivity index (χ1) is 10.2. The topological polar surface area (TPSA) is 39.7 Å². The first-order valence-electron chi connectivity index (χ1n) is 7.65. The van der Waals surface area contributed by atoms with E-state index in [2.05, 4.69) is 24.4 Å². The van der Waals surface area contributed by atoms with Crippen LogP contribution in [0.25, 0.3) is 0 Å². The van der Waals surface area contributed by atoms with Gasteiger partial charge >= 0.3 is 0 Å². The van der Waals surface area contributed by atoms with Crippen molar-refractivity contribution >= 4 is 0 Å². The molecule has 4 heteroatoms. The molecule has 0 radical (unpaired) electrons. The summed E-state index contributed by atoms with van der Waals surface area (Å²) in [4.78, 5) is 0. The third-order valence-electron chi connectivity index (χ3n) is 4.53. The molecule has 21 heavy (non-hydrogen) atoms. The third-order valence-corrected chi connectivity index (χ3v) is 4.53. The van der Waals surface area contributed by atoms with Crippen LogP contribution in [0.3, 0.4) is 0 Å². The van der Waals surface area contributed by atoms with Gasteiger partial charge in [-0.05, 0) is 31.4 Å². The Morgan fingerprint density at radius 3 is 2.81 bits per heavy atom. The fourth-order valence-electron chi connectivity index (χ4n) is 3.09. The van der Waals surface area contributed by atoms with Gasteiger partial charge in [0.1, 0.15) is 5.75 Å². The van der Waals surface area contributed by atoms with Crippen LogP contribution >= 0.6 is 0 Å². The monoisotopic (exact) mass is 293 g/mol. The van der Waals surface area contributed by atoms with Crippen molar-refractivity contribution in [1.29, 1.82) is 0 Å². The molecule has 0 spiro atoms. The Kier molecular flexibility index (Phi) is 6.03. The fourth-order valence-corrected chi connectivity index (χ4v) is 3.09. The highest BCUT2D eigenvalue weighted by Crippen LogP contribution is 2.39. The van der Waals surface area contributed by atoms with Crippen molar-refractivity contribution in [3.05, 3.63) is 29.8 Å². The number of methoxy groups -OCH3 is 2. The normalized spacial score (nSPS) is 25.2. The number of benzene rings is 1. The molecule has 1 N–H and O–H groups in total. The molecule has 4 nitrogen and oxygen atoms in total. The molecule has 0 saturated carbocycles. The molecule has 118 valence electrons. The lowest BCUT2D eigenvalue weighted by atomic mass is 9.76. The van der Waals surface area contributed by atoms with Crippen LogP contribution in [0.5, 0.6) is 5.75 Å². The van der Waals surface area contributed by atoms with Gasteiger partial charge < -0.3 is 19.5 Å². The maximum Gasteiger partial charge on any atom is 0.122 e. The molecular weight excluding hydrogens is 266 g/mol. The maximum absolute atomic E-state index is 5.86. The van der Waals surface area contributed by atoms with Crippen molar-refractivity contribution in [3.8, 4) is 5.75 Å². The van der Waals surface area contributed by atoms with Gasteiger partial charge in [-0.1, -0.05) is 18.2 Å². The molecule has 1 fully saturated rings. The van der Waals surface area contributed by atoms with Crippen molar-refractivity contribution in [2.75, 3.05) is 40.5 Å². The van der Waals surface area contributed by atoms with Gasteiger partial charge in [0.2, 0.25) is 0 Å². The highest BCUT2D eigenvalue weighted by Gasteiger charge is 2.41. The van der Waals surface area contributed by atoms with Gasteiger partial charge in [0.15, 0.2) is 0 Å². The first-order valence-corrected chi connectivity index (χ1v) is 7.65. The molecule has 2 unspecified atom stereocenters. The van der Waals surface area contributed by atoms with Crippen LogP contribution in [0.1, 0.15) is 18.9 Å². The second kappa shape index (κ2) is 7.78. The summed E-state index contributed by atoms with van der Waals surface area (Å²) in [5.41, 5.74) is 1.38. The van der Waals surface area contributed by atoms with Crippen LogP contribution < -0.4 is 10.1 Å². The number of nitrogens with one attached hydrogen (secondary N) is 1. The summed E-state index contributed by atoms with van der Waals surface area (Å²) in [6.07, 6.45) is 2.29. The van der Waals surface area contributed by atoms with Gasteiger partial charge in [-0.3, -0.25) is 0 Å². The molecule has 0 aromatic heterocycles. The summed E-state index contributed by atoms with van der Waals surface area (Å²) >= 11 is 0. The van der Waals surface area contributed by atoms with E-state index in [0.29, 0.717) is 0 Å².